The van der Waals surface area contributed by atoms with E-state index in [1.54, 1.807) is 13.0 Å². The molecule has 0 spiro atoms. The van der Waals surface area contributed by atoms with Gasteiger partial charge in [0.1, 0.15) is 11.7 Å². The van der Waals surface area contributed by atoms with Gasteiger partial charge in [0.15, 0.2) is 10.8 Å². The van der Waals surface area contributed by atoms with E-state index in [1.807, 2.05) is 25.1 Å². The van der Waals surface area contributed by atoms with Crippen LogP contribution in [0.25, 0.3) is 6.08 Å². The lowest BCUT2D eigenvalue weighted by Gasteiger charge is -2.50. The number of benzene rings is 1. The minimum absolute atomic E-state index is 0.290. The first-order valence-electron chi connectivity index (χ1n) is 7.20. The van der Waals surface area contributed by atoms with Crippen LogP contribution in [0, 0.1) is 5.92 Å². The quantitative estimate of drug-likeness (QED) is 0.658. The maximum absolute atomic E-state index is 12.4. The van der Waals surface area contributed by atoms with E-state index in [1.165, 1.54) is 0 Å². The van der Waals surface area contributed by atoms with Crippen LogP contribution in [-0.2, 0) is 9.53 Å². The number of para-hydroxylation sites is 1. The van der Waals surface area contributed by atoms with Crippen LogP contribution >= 0.6 is 12.2 Å². The number of rotatable bonds is 3. The molecule has 3 unspecified atom stereocenters. The van der Waals surface area contributed by atoms with Crippen molar-refractivity contribution in [3.8, 4) is 5.75 Å². The molecular weight excluding hydrogens is 300 g/mol. The molecular formula is C16H18N2O3S. The van der Waals surface area contributed by atoms with Crippen LogP contribution in [0.4, 0.5) is 0 Å². The summed E-state index contributed by atoms with van der Waals surface area (Å²) in [7, 11) is 0. The van der Waals surface area contributed by atoms with E-state index in [0.29, 0.717) is 17.5 Å². The summed E-state index contributed by atoms with van der Waals surface area (Å²) in [5, 5.41) is 6.70. The highest BCUT2D eigenvalue weighted by atomic mass is 32.1. The van der Waals surface area contributed by atoms with Gasteiger partial charge in [-0.2, -0.15) is 0 Å². The number of hydrogen-bond donors (Lipinski definition) is 2. The molecule has 0 amide bonds. The average Bonchev–Trinajstić information content (AvgIpc) is 2.45. The summed E-state index contributed by atoms with van der Waals surface area (Å²) in [6.07, 6.45) is 1.74. The molecule has 116 valence electrons. The van der Waals surface area contributed by atoms with Gasteiger partial charge in [0.2, 0.25) is 0 Å². The lowest BCUT2D eigenvalue weighted by atomic mass is 9.80. The Hall–Kier alpha value is -2.08. The summed E-state index contributed by atoms with van der Waals surface area (Å²) in [5.74, 6) is -0.132. The number of esters is 1. The summed E-state index contributed by atoms with van der Waals surface area (Å²) in [6, 6.07) is 5.48. The van der Waals surface area contributed by atoms with Gasteiger partial charge in [0, 0.05) is 11.1 Å². The predicted molar refractivity (Wildman–Crippen MR) is 87.3 cm³/mol. The van der Waals surface area contributed by atoms with Crippen molar-refractivity contribution in [3.05, 3.63) is 35.9 Å². The molecule has 22 heavy (non-hydrogen) atoms. The summed E-state index contributed by atoms with van der Waals surface area (Å²) >= 11 is 5.25. The van der Waals surface area contributed by atoms with Crippen LogP contribution in [0.3, 0.4) is 0 Å². The topological polar surface area (TPSA) is 59.6 Å². The van der Waals surface area contributed by atoms with E-state index in [0.717, 1.165) is 11.1 Å². The second-order valence-electron chi connectivity index (χ2n) is 5.48. The van der Waals surface area contributed by atoms with Gasteiger partial charge in [-0.15, -0.1) is 0 Å². The molecule has 1 fully saturated rings. The Kier molecular flexibility index (Phi) is 3.56. The molecule has 2 aliphatic rings. The van der Waals surface area contributed by atoms with E-state index in [2.05, 4.69) is 17.2 Å². The van der Waals surface area contributed by atoms with E-state index < -0.39 is 11.6 Å². The van der Waals surface area contributed by atoms with Crippen molar-refractivity contribution in [1.82, 2.24) is 10.6 Å². The maximum Gasteiger partial charge on any atom is 0.317 e. The van der Waals surface area contributed by atoms with Gasteiger partial charge >= 0.3 is 5.97 Å². The highest BCUT2D eigenvalue weighted by molar-refractivity contribution is 7.80. The van der Waals surface area contributed by atoms with E-state index in [4.69, 9.17) is 21.7 Å². The number of carbonyl (C=O) groups is 1. The summed E-state index contributed by atoms with van der Waals surface area (Å²) in [6.45, 7) is 7.74. The third kappa shape index (κ3) is 2.14. The number of thiocarbonyl (C=S) groups is 1. The molecule has 2 aliphatic heterocycles. The van der Waals surface area contributed by atoms with Crippen LogP contribution in [0.2, 0.25) is 0 Å². The van der Waals surface area contributed by atoms with Crippen molar-refractivity contribution in [2.75, 3.05) is 6.61 Å². The summed E-state index contributed by atoms with van der Waals surface area (Å²) in [4.78, 5) is 12.4. The molecule has 0 aliphatic carbocycles. The molecule has 3 atom stereocenters. The van der Waals surface area contributed by atoms with Crippen molar-refractivity contribution in [3.63, 3.8) is 0 Å². The van der Waals surface area contributed by atoms with Crippen molar-refractivity contribution < 1.29 is 14.3 Å². The lowest BCUT2D eigenvalue weighted by Crippen LogP contribution is -2.70. The Morgan fingerprint density at radius 3 is 3.05 bits per heavy atom. The highest BCUT2D eigenvalue weighted by Crippen LogP contribution is 2.46. The first-order valence-corrected chi connectivity index (χ1v) is 7.60. The molecule has 0 aromatic heterocycles. The predicted octanol–water partition coefficient (Wildman–Crippen LogP) is 2.14. The molecule has 3 rings (SSSR count). The second-order valence-corrected chi connectivity index (χ2v) is 5.89. The highest BCUT2D eigenvalue weighted by Gasteiger charge is 2.55. The van der Waals surface area contributed by atoms with Gasteiger partial charge < -0.3 is 20.1 Å². The molecule has 5 nitrogen and oxygen atoms in total. The standard InChI is InChI=1S/C16H18N2O3S/c1-4-9-7-6-8-10-12-11(14(19)20-5-2)16(3,21-13(9)10)18-15(22)17-12/h4,6-8,11-12H,1,5H2,2-3H3,(H2,17,18,22). The minimum atomic E-state index is -0.953. The molecule has 1 saturated heterocycles. The average molecular weight is 318 g/mol. The molecule has 2 N–H and O–H groups in total. The van der Waals surface area contributed by atoms with Crippen molar-refractivity contribution in [1.29, 1.82) is 0 Å². The number of carbonyl (C=O) groups excluding carboxylic acids is 1. The van der Waals surface area contributed by atoms with Crippen molar-refractivity contribution >= 4 is 29.4 Å². The largest absolute Gasteiger partial charge is 0.466 e. The second kappa shape index (κ2) is 5.28. The first-order chi connectivity index (χ1) is 10.5. The monoisotopic (exact) mass is 318 g/mol. The van der Waals surface area contributed by atoms with E-state index in [-0.39, 0.29) is 12.0 Å². The van der Waals surface area contributed by atoms with Crippen molar-refractivity contribution in [2.24, 2.45) is 5.92 Å². The molecule has 6 heteroatoms. The number of hydrogen-bond acceptors (Lipinski definition) is 4. The minimum Gasteiger partial charge on any atom is -0.466 e. The molecule has 0 saturated carbocycles. The van der Waals surface area contributed by atoms with Crippen LogP contribution in [-0.4, -0.2) is 23.4 Å². The Morgan fingerprint density at radius 2 is 2.36 bits per heavy atom. The zero-order valence-electron chi connectivity index (χ0n) is 12.5. The number of nitrogens with one attached hydrogen (secondary N) is 2. The van der Waals surface area contributed by atoms with Crippen LogP contribution in [0.5, 0.6) is 5.75 Å². The Balaban J connectivity index is 2.14. The summed E-state index contributed by atoms with van der Waals surface area (Å²) in [5.41, 5.74) is 0.815. The van der Waals surface area contributed by atoms with Gasteiger partial charge in [-0.3, -0.25) is 4.79 Å². The van der Waals surface area contributed by atoms with E-state index >= 15 is 0 Å². The maximum atomic E-state index is 12.4. The first kappa shape index (κ1) is 14.8. The molecule has 1 aromatic rings. The fourth-order valence-corrected chi connectivity index (χ4v) is 3.46. The third-order valence-electron chi connectivity index (χ3n) is 4.06. The van der Waals surface area contributed by atoms with Crippen LogP contribution < -0.4 is 15.4 Å². The fourth-order valence-electron chi connectivity index (χ4n) is 3.13. The Morgan fingerprint density at radius 1 is 1.59 bits per heavy atom. The third-order valence-corrected chi connectivity index (χ3v) is 4.28. The zero-order chi connectivity index (χ0) is 15.9. The molecule has 2 heterocycles. The Labute approximate surface area is 134 Å². The van der Waals surface area contributed by atoms with E-state index in [9.17, 15) is 4.79 Å². The summed E-state index contributed by atoms with van der Waals surface area (Å²) < 4.78 is 11.4. The van der Waals surface area contributed by atoms with Gasteiger partial charge in [-0.05, 0) is 26.1 Å². The number of ether oxygens (including phenoxy) is 2. The lowest BCUT2D eigenvalue weighted by molar-refractivity contribution is -0.162. The van der Waals surface area contributed by atoms with Gasteiger partial charge in [0.25, 0.3) is 0 Å². The number of fused-ring (bicyclic) bond motifs is 4. The van der Waals surface area contributed by atoms with Gasteiger partial charge in [-0.1, -0.05) is 30.9 Å². The van der Waals surface area contributed by atoms with Crippen LogP contribution in [0.1, 0.15) is 31.0 Å². The molecule has 2 bridgehead atoms. The molecule has 0 radical (unpaired) electrons. The SMILES string of the molecule is C=Cc1cccc2c1OC1(C)NC(=S)NC2C1C(=O)OCC. The van der Waals surface area contributed by atoms with Crippen LogP contribution in [0.15, 0.2) is 24.8 Å². The van der Waals surface area contributed by atoms with Gasteiger partial charge in [0.05, 0.1) is 12.6 Å². The fraction of sp³-hybridized carbons (Fsp3) is 0.375. The zero-order valence-corrected chi connectivity index (χ0v) is 13.3. The molecule has 1 aromatic carbocycles. The Bertz CT molecular complexity index is 661. The normalized spacial score (nSPS) is 28.5. The van der Waals surface area contributed by atoms with Crippen molar-refractivity contribution in [2.45, 2.75) is 25.6 Å². The smallest absolute Gasteiger partial charge is 0.317 e. The van der Waals surface area contributed by atoms with Gasteiger partial charge in [-0.25, -0.2) is 0 Å².